The lowest BCUT2D eigenvalue weighted by Gasteiger charge is -2.14. The van der Waals surface area contributed by atoms with Crippen LogP contribution in [0.15, 0.2) is 36.0 Å². The Kier molecular flexibility index (Phi) is 4.84. The highest BCUT2D eigenvalue weighted by atomic mass is 15.5. The molecule has 122 valence electrons. The number of likely N-dealkylation sites (tertiary alicyclic amines) is 1. The molecule has 0 radical (unpaired) electrons. The lowest BCUT2D eigenvalue weighted by Crippen LogP contribution is -2.23. The highest BCUT2D eigenvalue weighted by Gasteiger charge is 2.11. The van der Waals surface area contributed by atoms with Crippen LogP contribution in [0.2, 0.25) is 0 Å². The highest BCUT2D eigenvalue weighted by molar-refractivity contribution is 5.97. The predicted octanol–water partition coefficient (Wildman–Crippen LogP) is 0.125. The van der Waals surface area contributed by atoms with Gasteiger partial charge in [0, 0.05) is 31.0 Å². The summed E-state index contributed by atoms with van der Waals surface area (Å²) < 4.78 is 2.10. The van der Waals surface area contributed by atoms with Gasteiger partial charge in [0.1, 0.15) is 5.69 Å². The fourth-order valence-corrected chi connectivity index (χ4v) is 2.74. The molecule has 1 saturated heterocycles. The third kappa shape index (κ3) is 3.85. The van der Waals surface area contributed by atoms with E-state index in [0.29, 0.717) is 5.84 Å². The van der Waals surface area contributed by atoms with Gasteiger partial charge in [-0.3, -0.25) is 4.98 Å². The number of hydrazone groups is 1. The third-order valence-electron chi connectivity index (χ3n) is 4.01. The molecule has 2 aromatic rings. The van der Waals surface area contributed by atoms with E-state index >= 15 is 0 Å². The second kappa shape index (κ2) is 7.21. The van der Waals surface area contributed by atoms with Gasteiger partial charge in [-0.25, -0.2) is 16.4 Å². The first-order chi connectivity index (χ1) is 11.3. The summed E-state index contributed by atoms with van der Waals surface area (Å²) in [6.07, 6.45) is 8.17. The summed E-state index contributed by atoms with van der Waals surface area (Å²) in [4.78, 5) is 11.3. The summed E-state index contributed by atoms with van der Waals surface area (Å²) in [7, 11) is 0. The van der Waals surface area contributed by atoms with Crippen LogP contribution < -0.4 is 17.1 Å². The van der Waals surface area contributed by atoms with Crippen LogP contribution in [0.25, 0.3) is 11.4 Å². The van der Waals surface area contributed by atoms with Crippen LogP contribution in [-0.2, 0) is 6.54 Å². The quantitative estimate of drug-likeness (QED) is 0.302. The molecule has 1 aliphatic rings. The van der Waals surface area contributed by atoms with Gasteiger partial charge in [-0.2, -0.15) is 0 Å². The molecule has 3 rings (SSSR count). The maximum absolute atomic E-state index is 5.82. The minimum Gasteiger partial charge on any atom is -0.382 e. The number of hydrogen-bond acceptors (Lipinski definition) is 6. The SMILES string of the molecule is NN/N=C(\N)c1ccnc(-c2cn(CCN3CCCC3)cn2)c1. The van der Waals surface area contributed by atoms with Gasteiger partial charge in [0.2, 0.25) is 0 Å². The number of hydrazine groups is 1. The van der Waals surface area contributed by atoms with Gasteiger partial charge in [-0.05, 0) is 38.1 Å². The van der Waals surface area contributed by atoms with Crippen LogP contribution in [0.5, 0.6) is 0 Å². The van der Waals surface area contributed by atoms with Gasteiger partial charge < -0.3 is 15.2 Å². The number of nitrogens with one attached hydrogen (secondary N) is 1. The molecule has 0 saturated carbocycles. The van der Waals surface area contributed by atoms with E-state index in [1.54, 1.807) is 12.3 Å². The van der Waals surface area contributed by atoms with Crippen LogP contribution in [0.1, 0.15) is 18.4 Å². The summed E-state index contributed by atoms with van der Waals surface area (Å²) in [6, 6.07) is 3.63. The summed E-state index contributed by atoms with van der Waals surface area (Å²) in [5.41, 5.74) is 10.3. The molecule has 0 unspecified atom stereocenters. The first-order valence-electron chi connectivity index (χ1n) is 7.76. The van der Waals surface area contributed by atoms with Crippen molar-refractivity contribution in [2.45, 2.75) is 19.4 Å². The molecule has 8 nitrogen and oxygen atoms in total. The van der Waals surface area contributed by atoms with Crippen molar-refractivity contribution in [2.75, 3.05) is 19.6 Å². The van der Waals surface area contributed by atoms with Crippen molar-refractivity contribution >= 4 is 5.84 Å². The molecule has 1 aliphatic heterocycles. The van der Waals surface area contributed by atoms with Crippen LogP contribution in [0.3, 0.4) is 0 Å². The molecule has 2 aromatic heterocycles. The zero-order chi connectivity index (χ0) is 16.1. The second-order valence-corrected chi connectivity index (χ2v) is 5.60. The number of aromatic nitrogens is 3. The average Bonchev–Trinajstić information content (AvgIpc) is 3.25. The summed E-state index contributed by atoms with van der Waals surface area (Å²) in [6.45, 7) is 4.41. The van der Waals surface area contributed by atoms with Gasteiger partial charge in [0.05, 0.1) is 12.0 Å². The first kappa shape index (κ1) is 15.4. The molecule has 3 heterocycles. The van der Waals surface area contributed by atoms with Gasteiger partial charge in [0.15, 0.2) is 5.84 Å². The van der Waals surface area contributed by atoms with Gasteiger partial charge >= 0.3 is 0 Å². The fraction of sp³-hybridized carbons (Fsp3) is 0.400. The molecule has 1 fully saturated rings. The molecule has 0 aliphatic carbocycles. The van der Waals surface area contributed by atoms with Crippen molar-refractivity contribution < 1.29 is 0 Å². The largest absolute Gasteiger partial charge is 0.382 e. The molecule has 0 aromatic carbocycles. The summed E-state index contributed by atoms with van der Waals surface area (Å²) >= 11 is 0. The molecule has 0 atom stereocenters. The maximum Gasteiger partial charge on any atom is 0.152 e. The number of rotatable bonds is 6. The van der Waals surface area contributed by atoms with E-state index < -0.39 is 0 Å². The van der Waals surface area contributed by atoms with E-state index in [1.165, 1.54) is 25.9 Å². The fourth-order valence-electron chi connectivity index (χ4n) is 2.74. The van der Waals surface area contributed by atoms with E-state index in [4.69, 9.17) is 11.6 Å². The van der Waals surface area contributed by atoms with Gasteiger partial charge in [-0.15, -0.1) is 5.10 Å². The van der Waals surface area contributed by atoms with E-state index in [0.717, 1.165) is 30.0 Å². The monoisotopic (exact) mass is 314 g/mol. The number of pyridine rings is 1. The highest BCUT2D eigenvalue weighted by Crippen LogP contribution is 2.16. The molecule has 0 spiro atoms. The van der Waals surface area contributed by atoms with E-state index in [-0.39, 0.29) is 0 Å². The molecule has 0 bridgehead atoms. The lowest BCUT2D eigenvalue weighted by atomic mass is 10.2. The average molecular weight is 314 g/mol. The van der Waals surface area contributed by atoms with Gasteiger partial charge in [0.25, 0.3) is 0 Å². The van der Waals surface area contributed by atoms with Crippen molar-refractivity contribution in [3.05, 3.63) is 36.4 Å². The molecule has 8 heteroatoms. The number of amidine groups is 1. The first-order valence-corrected chi connectivity index (χ1v) is 7.76. The van der Waals surface area contributed by atoms with Crippen molar-refractivity contribution in [1.82, 2.24) is 25.0 Å². The normalized spacial score (nSPS) is 16.0. The van der Waals surface area contributed by atoms with Crippen LogP contribution in [0.4, 0.5) is 0 Å². The Morgan fingerprint density at radius 3 is 2.83 bits per heavy atom. The zero-order valence-electron chi connectivity index (χ0n) is 13.0. The minimum atomic E-state index is 0.310. The number of hydrogen-bond donors (Lipinski definition) is 3. The zero-order valence-corrected chi connectivity index (χ0v) is 13.0. The number of imidazole rings is 1. The number of nitrogens with zero attached hydrogens (tertiary/aromatic N) is 5. The van der Waals surface area contributed by atoms with Crippen molar-refractivity contribution in [2.24, 2.45) is 16.7 Å². The Morgan fingerprint density at radius 2 is 2.04 bits per heavy atom. The van der Waals surface area contributed by atoms with Crippen LogP contribution in [0, 0.1) is 0 Å². The molecule has 5 N–H and O–H groups in total. The van der Waals surface area contributed by atoms with E-state index in [1.807, 2.05) is 18.6 Å². The maximum atomic E-state index is 5.82. The topological polar surface area (TPSA) is 110 Å². The minimum absolute atomic E-state index is 0.310. The van der Waals surface area contributed by atoms with E-state index in [2.05, 4.69) is 30.1 Å². The van der Waals surface area contributed by atoms with Crippen molar-refractivity contribution in [3.63, 3.8) is 0 Å². The predicted molar refractivity (Wildman–Crippen MR) is 89.2 cm³/mol. The Labute approximate surface area is 135 Å². The Balaban J connectivity index is 1.69. The Morgan fingerprint density at radius 1 is 1.22 bits per heavy atom. The Hall–Kier alpha value is -2.45. The molecular weight excluding hydrogens is 292 g/mol. The molecule has 23 heavy (non-hydrogen) atoms. The number of nitrogens with two attached hydrogens (primary N) is 2. The summed E-state index contributed by atoms with van der Waals surface area (Å²) in [5.74, 6) is 5.46. The molecule has 0 amide bonds. The van der Waals surface area contributed by atoms with E-state index in [9.17, 15) is 0 Å². The van der Waals surface area contributed by atoms with Crippen LogP contribution >= 0.6 is 0 Å². The lowest BCUT2D eigenvalue weighted by molar-refractivity contribution is 0.322. The Bertz CT molecular complexity index is 672. The standard InChI is InChI=1S/C15H22N8/c16-15(20-21-17)12-3-4-18-13(9-12)14-10-23(11-19-14)8-7-22-5-1-2-6-22/h3-4,9-11,21H,1-2,5-8,17H2,(H2,16,20). The smallest absolute Gasteiger partial charge is 0.152 e. The van der Waals surface area contributed by atoms with Gasteiger partial charge in [-0.1, -0.05) is 0 Å². The molecular formula is C15H22N8. The van der Waals surface area contributed by atoms with Crippen molar-refractivity contribution in [1.29, 1.82) is 0 Å². The van der Waals surface area contributed by atoms with Crippen LogP contribution in [-0.4, -0.2) is 44.9 Å². The second-order valence-electron chi connectivity index (χ2n) is 5.60. The summed E-state index contributed by atoms with van der Waals surface area (Å²) in [5, 5.41) is 3.77. The third-order valence-corrected chi connectivity index (χ3v) is 4.01. The van der Waals surface area contributed by atoms with Crippen molar-refractivity contribution in [3.8, 4) is 11.4 Å².